The number of hydrogen-bond acceptors (Lipinski definition) is 9. The second kappa shape index (κ2) is 12.6. The number of rotatable bonds is 13. The van der Waals surface area contributed by atoms with Crippen LogP contribution in [0, 0.1) is 0 Å². The first-order valence-corrected chi connectivity index (χ1v) is 10.8. The van der Waals surface area contributed by atoms with Crippen molar-refractivity contribution in [2.45, 2.75) is 95.7 Å². The summed E-state index contributed by atoms with van der Waals surface area (Å²) in [5, 5.41) is 20.3. The summed E-state index contributed by atoms with van der Waals surface area (Å²) >= 11 is 0. The van der Waals surface area contributed by atoms with Gasteiger partial charge in [0.2, 0.25) is 5.95 Å². The molecule has 4 atom stereocenters. The zero-order valence-corrected chi connectivity index (χ0v) is 17.6. The first-order valence-electron chi connectivity index (χ1n) is 10.8. The third-order valence-electron chi connectivity index (χ3n) is 5.25. The van der Waals surface area contributed by atoms with Crippen molar-refractivity contribution in [2.24, 2.45) is 0 Å². The lowest BCUT2D eigenvalue weighted by Crippen LogP contribution is -2.36. The van der Waals surface area contributed by atoms with Crippen LogP contribution in [-0.2, 0) is 14.3 Å². The van der Waals surface area contributed by atoms with Crippen molar-refractivity contribution in [1.29, 1.82) is 0 Å². The minimum absolute atomic E-state index is 0.203. The number of nitrogens with two attached hydrogens (primary N) is 1. The number of anilines is 1. The predicted octanol–water partition coefficient (Wildman–Crippen LogP) is 1.30. The van der Waals surface area contributed by atoms with Crippen LogP contribution in [0.3, 0.4) is 0 Å². The zero-order valence-electron chi connectivity index (χ0n) is 17.6. The standard InChI is InChI=1S/C20H34N4O6/c1-2-3-4-5-6-7-8-9-10-11-15(25)29-12-14-16(26)17(27)18(30-14)24-13-22-19(21)23-20(24)28/h13-14,16-18,26-27H,2-12H2,1H3,(H2,21,23,28)/t14-,16-,17-,18-/m1/s1. The van der Waals surface area contributed by atoms with E-state index in [9.17, 15) is 19.8 Å². The van der Waals surface area contributed by atoms with Crippen LogP contribution >= 0.6 is 0 Å². The van der Waals surface area contributed by atoms with E-state index in [4.69, 9.17) is 15.2 Å². The Morgan fingerprint density at radius 3 is 2.40 bits per heavy atom. The highest BCUT2D eigenvalue weighted by molar-refractivity contribution is 5.69. The number of nitrogen functional groups attached to an aromatic ring is 1. The van der Waals surface area contributed by atoms with E-state index in [-0.39, 0.29) is 18.5 Å². The lowest BCUT2D eigenvalue weighted by Gasteiger charge is -2.16. The third kappa shape index (κ3) is 7.33. The van der Waals surface area contributed by atoms with Crippen LogP contribution in [0.15, 0.2) is 11.1 Å². The summed E-state index contributed by atoms with van der Waals surface area (Å²) in [5.41, 5.74) is 4.58. The Balaban J connectivity index is 1.65. The molecule has 1 saturated heterocycles. The number of carbonyl (C=O) groups is 1. The summed E-state index contributed by atoms with van der Waals surface area (Å²) in [7, 11) is 0. The summed E-state index contributed by atoms with van der Waals surface area (Å²) in [5.74, 6) is -0.578. The summed E-state index contributed by atoms with van der Waals surface area (Å²) in [4.78, 5) is 31.0. The minimum Gasteiger partial charge on any atom is -0.463 e. The van der Waals surface area contributed by atoms with E-state index in [2.05, 4.69) is 16.9 Å². The summed E-state index contributed by atoms with van der Waals surface area (Å²) in [6.45, 7) is 1.99. The van der Waals surface area contributed by atoms with Crippen LogP contribution in [0.1, 0.15) is 77.4 Å². The first kappa shape index (κ1) is 24.2. The molecule has 4 N–H and O–H groups in total. The molecule has 0 amide bonds. The van der Waals surface area contributed by atoms with Crippen molar-refractivity contribution < 1.29 is 24.5 Å². The number of aliphatic hydroxyl groups is 2. The van der Waals surface area contributed by atoms with Crippen LogP contribution < -0.4 is 11.4 Å². The SMILES string of the molecule is CCCCCCCCCCCC(=O)OC[C@H]1O[C@@H](n2cnc(N)nc2=O)[C@H](O)[C@@H]1O. The van der Waals surface area contributed by atoms with E-state index in [1.54, 1.807) is 0 Å². The third-order valence-corrected chi connectivity index (χ3v) is 5.25. The Kier molecular flexibility index (Phi) is 10.2. The predicted molar refractivity (Wildman–Crippen MR) is 109 cm³/mol. The molecule has 0 aliphatic carbocycles. The highest BCUT2D eigenvalue weighted by Crippen LogP contribution is 2.28. The molecule has 2 rings (SSSR count). The van der Waals surface area contributed by atoms with Crippen LogP contribution in [0.4, 0.5) is 5.95 Å². The Bertz CT molecular complexity index is 713. The van der Waals surface area contributed by atoms with Gasteiger partial charge in [0, 0.05) is 6.42 Å². The average Bonchev–Trinajstić information content (AvgIpc) is 2.99. The maximum absolute atomic E-state index is 11.9. The largest absolute Gasteiger partial charge is 0.463 e. The molecule has 0 radical (unpaired) electrons. The van der Waals surface area contributed by atoms with Gasteiger partial charge in [0.1, 0.15) is 31.2 Å². The van der Waals surface area contributed by atoms with Gasteiger partial charge in [0.05, 0.1) is 0 Å². The molecule has 0 spiro atoms. The van der Waals surface area contributed by atoms with Gasteiger partial charge < -0.3 is 25.4 Å². The maximum Gasteiger partial charge on any atom is 0.354 e. The molecule has 1 aliphatic heterocycles. The average molecular weight is 427 g/mol. The molecule has 0 unspecified atom stereocenters. The minimum atomic E-state index is -1.39. The molecule has 30 heavy (non-hydrogen) atoms. The fourth-order valence-corrected chi connectivity index (χ4v) is 3.45. The van der Waals surface area contributed by atoms with Crippen molar-refractivity contribution >= 4 is 11.9 Å². The van der Waals surface area contributed by atoms with E-state index in [0.29, 0.717) is 6.42 Å². The fraction of sp³-hybridized carbons (Fsp3) is 0.800. The van der Waals surface area contributed by atoms with Gasteiger partial charge in [-0.05, 0) is 6.42 Å². The normalized spacial score (nSPS) is 23.6. The monoisotopic (exact) mass is 426 g/mol. The smallest absolute Gasteiger partial charge is 0.354 e. The molecular formula is C20H34N4O6. The number of carbonyl (C=O) groups excluding carboxylic acids is 1. The van der Waals surface area contributed by atoms with E-state index in [1.165, 1.54) is 38.5 Å². The number of aliphatic hydroxyl groups excluding tert-OH is 2. The number of nitrogens with zero attached hydrogens (tertiary/aromatic N) is 3. The van der Waals surface area contributed by atoms with Crippen molar-refractivity contribution in [3.05, 3.63) is 16.8 Å². The molecular weight excluding hydrogens is 392 g/mol. The quantitative estimate of drug-likeness (QED) is 0.313. The highest BCUT2D eigenvalue weighted by Gasteiger charge is 2.44. The second-order valence-corrected chi connectivity index (χ2v) is 7.71. The zero-order chi connectivity index (χ0) is 21.9. The van der Waals surface area contributed by atoms with E-state index in [0.717, 1.165) is 30.2 Å². The van der Waals surface area contributed by atoms with Gasteiger partial charge in [-0.3, -0.25) is 9.36 Å². The van der Waals surface area contributed by atoms with Crippen LogP contribution in [0.25, 0.3) is 0 Å². The molecule has 0 bridgehead atoms. The number of unbranched alkanes of at least 4 members (excludes halogenated alkanes) is 8. The molecule has 170 valence electrons. The summed E-state index contributed by atoms with van der Waals surface area (Å²) in [6.07, 6.45) is 6.93. The van der Waals surface area contributed by atoms with Crippen molar-refractivity contribution in [2.75, 3.05) is 12.3 Å². The Labute approximate surface area is 176 Å². The number of aromatic nitrogens is 3. The van der Waals surface area contributed by atoms with Gasteiger partial charge in [0.15, 0.2) is 6.23 Å². The lowest BCUT2D eigenvalue weighted by molar-refractivity contribution is -0.150. The van der Waals surface area contributed by atoms with Crippen molar-refractivity contribution in [3.8, 4) is 0 Å². The molecule has 1 fully saturated rings. The van der Waals surface area contributed by atoms with Gasteiger partial charge in [0.25, 0.3) is 0 Å². The second-order valence-electron chi connectivity index (χ2n) is 7.71. The van der Waals surface area contributed by atoms with Gasteiger partial charge >= 0.3 is 11.7 Å². The van der Waals surface area contributed by atoms with Crippen LogP contribution in [0.2, 0.25) is 0 Å². The first-order chi connectivity index (χ1) is 14.4. The summed E-state index contributed by atoms with van der Waals surface area (Å²) in [6, 6.07) is 0. The number of hydrogen-bond donors (Lipinski definition) is 3. The van der Waals surface area contributed by atoms with E-state index < -0.39 is 30.2 Å². The molecule has 0 saturated carbocycles. The number of esters is 1. The molecule has 10 nitrogen and oxygen atoms in total. The van der Waals surface area contributed by atoms with Gasteiger partial charge in [-0.15, -0.1) is 0 Å². The summed E-state index contributed by atoms with van der Waals surface area (Å²) < 4.78 is 11.6. The molecule has 0 aromatic carbocycles. The van der Waals surface area contributed by atoms with Gasteiger partial charge in [-0.1, -0.05) is 58.3 Å². The Morgan fingerprint density at radius 2 is 1.77 bits per heavy atom. The topological polar surface area (TPSA) is 150 Å². The van der Waals surface area contributed by atoms with E-state index >= 15 is 0 Å². The highest BCUT2D eigenvalue weighted by atomic mass is 16.6. The lowest BCUT2D eigenvalue weighted by atomic mass is 10.1. The maximum atomic E-state index is 11.9. The number of ether oxygens (including phenoxy) is 2. The van der Waals surface area contributed by atoms with Gasteiger partial charge in [-0.25, -0.2) is 9.78 Å². The molecule has 10 heteroatoms. The fourth-order valence-electron chi connectivity index (χ4n) is 3.45. The molecule has 1 aromatic heterocycles. The van der Waals surface area contributed by atoms with Crippen molar-refractivity contribution in [1.82, 2.24) is 14.5 Å². The van der Waals surface area contributed by atoms with Crippen LogP contribution in [-0.4, -0.2) is 55.6 Å². The molecule has 1 aliphatic rings. The van der Waals surface area contributed by atoms with Crippen LogP contribution in [0.5, 0.6) is 0 Å². The Hall–Kier alpha value is -2.04. The Morgan fingerprint density at radius 1 is 1.13 bits per heavy atom. The molecule has 1 aromatic rings. The van der Waals surface area contributed by atoms with Crippen molar-refractivity contribution in [3.63, 3.8) is 0 Å². The van der Waals surface area contributed by atoms with Gasteiger partial charge in [-0.2, -0.15) is 4.98 Å². The van der Waals surface area contributed by atoms with E-state index in [1.807, 2.05) is 0 Å². The molecule has 2 heterocycles.